The summed E-state index contributed by atoms with van der Waals surface area (Å²) in [5.41, 5.74) is 1.78. The van der Waals surface area contributed by atoms with Crippen molar-refractivity contribution in [3.63, 3.8) is 0 Å². The highest BCUT2D eigenvalue weighted by molar-refractivity contribution is 5.81. The van der Waals surface area contributed by atoms with Crippen molar-refractivity contribution >= 4 is 11.0 Å². The molecule has 0 atom stereocenters. The number of aromatic nitrogens is 6. The Morgan fingerprint density at radius 2 is 2.08 bits per heavy atom. The van der Waals surface area contributed by atoms with Gasteiger partial charge in [0.2, 0.25) is 0 Å². The van der Waals surface area contributed by atoms with Crippen LogP contribution in [0.1, 0.15) is 11.4 Å². The van der Waals surface area contributed by atoms with Crippen LogP contribution in [0.5, 0.6) is 0 Å². The third-order valence-electron chi connectivity index (χ3n) is 3.58. The Labute approximate surface area is 133 Å². The fourth-order valence-corrected chi connectivity index (χ4v) is 2.50. The Bertz CT molecular complexity index is 1030. The second-order valence-electron chi connectivity index (χ2n) is 5.19. The Hall–Kier alpha value is -3.23. The highest BCUT2D eigenvalue weighted by Crippen LogP contribution is 2.28. The molecule has 4 rings (SSSR count). The summed E-state index contributed by atoms with van der Waals surface area (Å²) in [6.07, 6.45) is 1.54. The van der Waals surface area contributed by atoms with E-state index in [2.05, 4.69) is 25.5 Å². The van der Waals surface area contributed by atoms with Crippen molar-refractivity contribution in [3.8, 4) is 11.5 Å². The minimum Gasteiger partial charge on any atom is -0.316 e. The first kappa shape index (κ1) is 14.4. The molecule has 0 N–H and O–H groups in total. The lowest BCUT2D eigenvalue weighted by Gasteiger charge is -2.07. The lowest BCUT2D eigenvalue weighted by Crippen LogP contribution is -2.05. The normalized spacial score (nSPS) is 11.3. The van der Waals surface area contributed by atoms with E-state index in [9.17, 15) is 8.78 Å². The quantitative estimate of drug-likeness (QED) is 0.575. The van der Waals surface area contributed by atoms with Crippen molar-refractivity contribution in [2.75, 3.05) is 0 Å². The number of fused-ring (bicyclic) bond motifs is 1. The summed E-state index contributed by atoms with van der Waals surface area (Å²) >= 11 is 0. The molecule has 3 aromatic heterocycles. The Morgan fingerprint density at radius 3 is 2.79 bits per heavy atom. The van der Waals surface area contributed by atoms with Crippen molar-refractivity contribution < 1.29 is 13.4 Å². The average molecular weight is 328 g/mol. The zero-order valence-electron chi connectivity index (χ0n) is 12.4. The minimum absolute atomic E-state index is 0.0395. The number of imidazole rings is 1. The third-order valence-corrected chi connectivity index (χ3v) is 3.58. The molecule has 0 fully saturated rings. The van der Waals surface area contributed by atoms with Crippen LogP contribution in [0.4, 0.5) is 8.78 Å². The lowest BCUT2D eigenvalue weighted by molar-refractivity contribution is 0.305. The van der Waals surface area contributed by atoms with E-state index in [1.807, 2.05) is 0 Å². The van der Waals surface area contributed by atoms with Gasteiger partial charge in [-0.25, -0.2) is 18.4 Å². The van der Waals surface area contributed by atoms with Gasteiger partial charge in [-0.2, -0.15) is 10.2 Å². The van der Waals surface area contributed by atoms with E-state index in [0.29, 0.717) is 22.9 Å². The van der Waals surface area contributed by atoms with Crippen LogP contribution < -0.4 is 0 Å². The van der Waals surface area contributed by atoms with Crippen molar-refractivity contribution in [3.05, 3.63) is 53.5 Å². The number of aryl methyl sites for hydroxylation is 1. The number of nitrogens with zero attached hydrogens (tertiary/aromatic N) is 6. The van der Waals surface area contributed by atoms with E-state index >= 15 is 0 Å². The molecule has 0 spiro atoms. The van der Waals surface area contributed by atoms with Gasteiger partial charge in [-0.1, -0.05) is 5.16 Å². The van der Waals surface area contributed by atoms with Crippen molar-refractivity contribution in [2.45, 2.75) is 13.5 Å². The highest BCUT2D eigenvalue weighted by atomic mass is 19.1. The number of halogens is 2. The molecule has 4 aromatic rings. The molecule has 1 aromatic carbocycles. The molecule has 0 saturated carbocycles. The van der Waals surface area contributed by atoms with Crippen LogP contribution in [0.2, 0.25) is 0 Å². The molecule has 0 unspecified atom stereocenters. The van der Waals surface area contributed by atoms with Crippen LogP contribution in [0.15, 0.2) is 35.1 Å². The second-order valence-corrected chi connectivity index (χ2v) is 5.19. The molecule has 0 aliphatic carbocycles. The molecule has 0 radical (unpaired) electrons. The van der Waals surface area contributed by atoms with E-state index in [1.165, 1.54) is 6.07 Å². The summed E-state index contributed by atoms with van der Waals surface area (Å²) in [5, 5.41) is 15.3. The van der Waals surface area contributed by atoms with E-state index in [1.54, 1.807) is 29.8 Å². The first-order valence-corrected chi connectivity index (χ1v) is 7.05. The van der Waals surface area contributed by atoms with Crippen LogP contribution in [0, 0.1) is 18.6 Å². The third kappa shape index (κ3) is 2.30. The molecule has 3 heterocycles. The van der Waals surface area contributed by atoms with E-state index in [4.69, 9.17) is 4.63 Å². The molecule has 120 valence electrons. The zero-order valence-corrected chi connectivity index (χ0v) is 12.4. The number of hydrogen-bond donors (Lipinski definition) is 0. The van der Waals surface area contributed by atoms with Gasteiger partial charge in [0.25, 0.3) is 0 Å². The molecule has 7 nitrogen and oxygen atoms in total. The second kappa shape index (κ2) is 5.44. The predicted molar refractivity (Wildman–Crippen MR) is 78.8 cm³/mol. The van der Waals surface area contributed by atoms with Crippen molar-refractivity contribution in [1.82, 2.24) is 30.1 Å². The fourth-order valence-electron chi connectivity index (χ4n) is 2.50. The maximum Gasteiger partial charge on any atom is 0.173 e. The largest absolute Gasteiger partial charge is 0.316 e. The van der Waals surface area contributed by atoms with Crippen LogP contribution in [-0.2, 0) is 6.54 Å². The smallest absolute Gasteiger partial charge is 0.173 e. The maximum absolute atomic E-state index is 14.1. The SMILES string of the molecule is Cc1nonc1-c1nc2c(F)cc(F)cc2n1Cc1cccnn1. The summed E-state index contributed by atoms with van der Waals surface area (Å²) in [6, 6.07) is 5.49. The van der Waals surface area contributed by atoms with Gasteiger partial charge in [0.05, 0.1) is 17.8 Å². The van der Waals surface area contributed by atoms with Gasteiger partial charge in [-0.3, -0.25) is 0 Å². The molecule has 0 aliphatic rings. The first-order valence-electron chi connectivity index (χ1n) is 7.05. The molecule has 9 heteroatoms. The van der Waals surface area contributed by atoms with Gasteiger partial charge in [-0.15, -0.1) is 0 Å². The number of rotatable bonds is 3. The van der Waals surface area contributed by atoms with Gasteiger partial charge < -0.3 is 4.57 Å². The molecule has 0 bridgehead atoms. The maximum atomic E-state index is 14.1. The summed E-state index contributed by atoms with van der Waals surface area (Å²) in [4.78, 5) is 4.26. The van der Waals surface area contributed by atoms with Crippen LogP contribution in [0.25, 0.3) is 22.6 Å². The van der Waals surface area contributed by atoms with Crippen LogP contribution in [0.3, 0.4) is 0 Å². The molecule has 0 amide bonds. The highest BCUT2D eigenvalue weighted by Gasteiger charge is 2.21. The van der Waals surface area contributed by atoms with E-state index in [-0.39, 0.29) is 17.6 Å². The van der Waals surface area contributed by atoms with Gasteiger partial charge in [0, 0.05) is 18.3 Å². The van der Waals surface area contributed by atoms with Gasteiger partial charge in [0.1, 0.15) is 17.0 Å². The van der Waals surface area contributed by atoms with Crippen LogP contribution >= 0.6 is 0 Å². The molecular weight excluding hydrogens is 318 g/mol. The summed E-state index contributed by atoms with van der Waals surface area (Å²) in [5.74, 6) is -1.13. The molecule has 0 aliphatic heterocycles. The van der Waals surface area contributed by atoms with Gasteiger partial charge in [-0.05, 0) is 24.2 Å². The van der Waals surface area contributed by atoms with Crippen LogP contribution in [-0.4, -0.2) is 30.1 Å². The Kier molecular flexibility index (Phi) is 3.26. The number of hydrogen-bond acceptors (Lipinski definition) is 6. The average Bonchev–Trinajstić information content (AvgIpc) is 3.13. The van der Waals surface area contributed by atoms with Crippen molar-refractivity contribution in [1.29, 1.82) is 0 Å². The topological polar surface area (TPSA) is 82.5 Å². The Balaban J connectivity index is 1.99. The molecular formula is C15H10F2N6O. The monoisotopic (exact) mass is 328 g/mol. The van der Waals surface area contributed by atoms with Gasteiger partial charge in [0.15, 0.2) is 17.3 Å². The first-order chi connectivity index (χ1) is 11.6. The van der Waals surface area contributed by atoms with Gasteiger partial charge >= 0.3 is 0 Å². The molecule has 0 saturated heterocycles. The fraction of sp³-hybridized carbons (Fsp3) is 0.133. The molecule has 24 heavy (non-hydrogen) atoms. The summed E-state index contributed by atoms with van der Waals surface area (Å²) < 4.78 is 34.1. The van der Waals surface area contributed by atoms with Crippen molar-refractivity contribution in [2.24, 2.45) is 0 Å². The van der Waals surface area contributed by atoms with E-state index < -0.39 is 11.6 Å². The standard InChI is InChI=1S/C15H10F2N6O/c1-8-13(22-24-21-8)15-19-14-11(17)5-9(16)6-12(14)23(15)7-10-3-2-4-18-20-10/h2-6H,7H2,1H3. The Morgan fingerprint density at radius 1 is 1.21 bits per heavy atom. The minimum atomic E-state index is -0.752. The predicted octanol–water partition coefficient (Wildman–Crippen LogP) is 2.51. The summed E-state index contributed by atoms with van der Waals surface area (Å²) in [7, 11) is 0. The summed E-state index contributed by atoms with van der Waals surface area (Å²) in [6.45, 7) is 1.91. The zero-order chi connectivity index (χ0) is 16.7. The van der Waals surface area contributed by atoms with E-state index in [0.717, 1.165) is 6.07 Å². The lowest BCUT2D eigenvalue weighted by atomic mass is 10.2. The number of benzene rings is 1.